The van der Waals surface area contributed by atoms with E-state index in [0.717, 1.165) is 38.6 Å². The minimum Gasteiger partial charge on any atom is -0.368 e. The van der Waals surface area contributed by atoms with E-state index in [1.165, 1.54) is 0 Å². The maximum Gasteiger partial charge on any atom is 0.242 e. The molecule has 222 valence electrons. The number of hydrogen-bond acceptors (Lipinski definition) is 3. The Morgan fingerprint density at radius 1 is 0.762 bits per heavy atom. The highest BCUT2D eigenvalue weighted by molar-refractivity contribution is 5.91. The lowest BCUT2D eigenvalue weighted by atomic mass is 10.00. The monoisotopic (exact) mass is 567 g/mol. The van der Waals surface area contributed by atoms with Crippen molar-refractivity contribution in [3.63, 3.8) is 0 Å². The van der Waals surface area contributed by atoms with Crippen molar-refractivity contribution in [2.75, 3.05) is 19.6 Å². The third-order valence-electron chi connectivity index (χ3n) is 6.94. The van der Waals surface area contributed by atoms with Gasteiger partial charge in [-0.3, -0.25) is 14.4 Å². The Kier molecular flexibility index (Phi) is 12.1. The molecule has 0 radical (unpaired) electrons. The number of hydrogen-bond donors (Lipinski definition) is 1. The van der Waals surface area contributed by atoms with Crippen molar-refractivity contribution in [1.29, 1.82) is 0 Å². The Hall–Kier alpha value is -4.19. The summed E-state index contributed by atoms with van der Waals surface area (Å²) in [6.45, 7) is 11.3. The molecule has 6 heteroatoms. The maximum absolute atomic E-state index is 13.2. The summed E-state index contributed by atoms with van der Waals surface area (Å²) < 4.78 is 0. The smallest absolute Gasteiger partial charge is 0.242 e. The van der Waals surface area contributed by atoms with Crippen LogP contribution in [0.3, 0.4) is 0 Å². The summed E-state index contributed by atoms with van der Waals surface area (Å²) in [7, 11) is 0. The largest absolute Gasteiger partial charge is 0.368 e. The van der Waals surface area contributed by atoms with Crippen molar-refractivity contribution in [3.05, 3.63) is 96.1 Å². The third-order valence-corrected chi connectivity index (χ3v) is 6.94. The minimum absolute atomic E-state index is 0.0477. The van der Waals surface area contributed by atoms with E-state index in [4.69, 9.17) is 5.73 Å². The van der Waals surface area contributed by atoms with Crippen LogP contribution in [-0.4, -0.2) is 53.2 Å². The molecule has 0 aliphatic carbocycles. The molecule has 1 unspecified atom stereocenters. The van der Waals surface area contributed by atoms with E-state index in [0.29, 0.717) is 25.9 Å². The van der Waals surface area contributed by atoms with Crippen LogP contribution in [0, 0.1) is 5.92 Å². The molecule has 1 fully saturated rings. The Balaban J connectivity index is 0.000000745. The Morgan fingerprint density at radius 2 is 1.26 bits per heavy atom. The van der Waals surface area contributed by atoms with Crippen molar-refractivity contribution >= 4 is 39.3 Å². The van der Waals surface area contributed by atoms with Gasteiger partial charge in [0.1, 0.15) is 6.04 Å². The van der Waals surface area contributed by atoms with Crippen LogP contribution in [0.1, 0.15) is 52.2 Å². The van der Waals surface area contributed by atoms with Gasteiger partial charge >= 0.3 is 0 Å². The van der Waals surface area contributed by atoms with Gasteiger partial charge in [-0.2, -0.15) is 0 Å². The molecule has 1 aliphatic rings. The van der Waals surface area contributed by atoms with E-state index < -0.39 is 11.9 Å². The second kappa shape index (κ2) is 15.7. The predicted molar refractivity (Wildman–Crippen MR) is 173 cm³/mol. The third kappa shape index (κ3) is 8.90. The van der Waals surface area contributed by atoms with Gasteiger partial charge in [-0.05, 0) is 45.0 Å². The summed E-state index contributed by atoms with van der Waals surface area (Å²) in [5, 5.41) is 4.39. The summed E-state index contributed by atoms with van der Waals surface area (Å²) in [6, 6.07) is 27.3. The summed E-state index contributed by atoms with van der Waals surface area (Å²) in [5.74, 6) is -0.0398. The van der Waals surface area contributed by atoms with Crippen molar-refractivity contribution in [1.82, 2.24) is 9.80 Å². The van der Waals surface area contributed by atoms with Gasteiger partial charge in [0.05, 0.1) is 13.0 Å². The van der Waals surface area contributed by atoms with Gasteiger partial charge in [0, 0.05) is 19.5 Å². The van der Waals surface area contributed by atoms with Gasteiger partial charge in [-0.15, -0.1) is 0 Å². The van der Waals surface area contributed by atoms with E-state index in [1.807, 2.05) is 98.8 Å². The first-order valence-electron chi connectivity index (χ1n) is 15.0. The lowest BCUT2D eigenvalue weighted by molar-refractivity contribution is -0.142. The number of nitrogens with zero attached hydrogens (tertiary/aromatic N) is 2. The Labute approximate surface area is 250 Å². The molecule has 1 atom stereocenters. The molecule has 0 bridgehead atoms. The van der Waals surface area contributed by atoms with Gasteiger partial charge in [-0.25, -0.2) is 0 Å². The van der Waals surface area contributed by atoms with Crippen LogP contribution in [0.4, 0.5) is 0 Å². The number of rotatable bonds is 6. The Bertz CT molecular complexity index is 1490. The first-order valence-corrected chi connectivity index (χ1v) is 15.0. The van der Waals surface area contributed by atoms with E-state index in [-0.39, 0.29) is 24.8 Å². The number of primary amides is 1. The van der Waals surface area contributed by atoms with E-state index in [1.54, 1.807) is 9.80 Å². The second-order valence-electron chi connectivity index (χ2n) is 11.2. The van der Waals surface area contributed by atoms with Crippen LogP contribution in [0.15, 0.2) is 84.9 Å². The van der Waals surface area contributed by atoms with Crippen molar-refractivity contribution in [2.24, 2.45) is 11.7 Å². The van der Waals surface area contributed by atoms with E-state index in [9.17, 15) is 14.4 Å². The van der Waals surface area contributed by atoms with Crippen LogP contribution < -0.4 is 5.73 Å². The summed E-state index contributed by atoms with van der Waals surface area (Å²) in [4.78, 5) is 41.9. The molecule has 4 aromatic rings. The fraction of sp³-hybridized carbons (Fsp3) is 0.361. The molecular weight excluding hydrogens is 522 g/mol. The predicted octanol–water partition coefficient (Wildman–Crippen LogP) is 6.38. The zero-order chi connectivity index (χ0) is 30.6. The molecule has 4 aromatic carbocycles. The highest BCUT2D eigenvalue weighted by Crippen LogP contribution is 2.20. The molecule has 2 N–H and O–H groups in total. The number of carbonyl (C=O) groups is 3. The molecule has 1 aliphatic heterocycles. The van der Waals surface area contributed by atoms with Gasteiger partial charge in [0.2, 0.25) is 17.7 Å². The molecule has 6 nitrogen and oxygen atoms in total. The standard InChI is InChI=1S/C30H29N3O3.C4H10.C2H6/c31-30(36)27(18-21-10-12-23-6-1-3-8-25(23)16-21)33-15-5-14-32(20-29(33)35)28(34)19-22-11-13-24-7-2-4-9-26(24)17-22;1-4(2)3;1-2/h1-4,6-13,16-17,27H,5,14-15,18-20H2,(H2,31,36);4H,1-3H3;1-2H3. The van der Waals surface area contributed by atoms with Gasteiger partial charge in [0.15, 0.2) is 0 Å². The van der Waals surface area contributed by atoms with E-state index >= 15 is 0 Å². The van der Waals surface area contributed by atoms with Gasteiger partial charge in [-0.1, -0.05) is 120 Å². The molecule has 3 amide bonds. The minimum atomic E-state index is -0.755. The lowest BCUT2D eigenvalue weighted by Gasteiger charge is -2.29. The average Bonchev–Trinajstić information content (AvgIpc) is 3.17. The fourth-order valence-corrected chi connectivity index (χ4v) is 5.02. The first-order chi connectivity index (χ1) is 20.2. The molecular formula is C36H45N3O3. The van der Waals surface area contributed by atoms with Crippen LogP contribution in [0.2, 0.25) is 0 Å². The highest BCUT2D eigenvalue weighted by atomic mass is 16.2. The number of nitrogens with two attached hydrogens (primary N) is 1. The number of carbonyl (C=O) groups excluding carboxylic acids is 3. The topological polar surface area (TPSA) is 83.7 Å². The van der Waals surface area contributed by atoms with Crippen LogP contribution in [0.25, 0.3) is 21.5 Å². The fourth-order valence-electron chi connectivity index (χ4n) is 5.02. The summed E-state index contributed by atoms with van der Waals surface area (Å²) in [5.41, 5.74) is 7.63. The maximum atomic E-state index is 13.2. The first kappa shape index (κ1) is 32.3. The number of fused-ring (bicyclic) bond motifs is 2. The quantitative estimate of drug-likeness (QED) is 0.293. The molecule has 5 rings (SSSR count). The summed E-state index contributed by atoms with van der Waals surface area (Å²) in [6.07, 6.45) is 1.17. The normalized spacial score (nSPS) is 14.0. The van der Waals surface area contributed by atoms with Crippen LogP contribution in [0.5, 0.6) is 0 Å². The molecule has 0 spiro atoms. The average molecular weight is 568 g/mol. The zero-order valence-corrected chi connectivity index (χ0v) is 25.7. The van der Waals surface area contributed by atoms with E-state index in [2.05, 4.69) is 20.8 Å². The van der Waals surface area contributed by atoms with Crippen LogP contribution >= 0.6 is 0 Å². The molecule has 0 aromatic heterocycles. The lowest BCUT2D eigenvalue weighted by Crippen LogP contribution is -2.51. The molecule has 0 saturated carbocycles. The van der Waals surface area contributed by atoms with Gasteiger partial charge in [0.25, 0.3) is 0 Å². The van der Waals surface area contributed by atoms with Crippen molar-refractivity contribution in [2.45, 2.75) is 59.9 Å². The van der Waals surface area contributed by atoms with Crippen LogP contribution in [-0.2, 0) is 27.2 Å². The van der Waals surface area contributed by atoms with Crippen molar-refractivity contribution in [3.8, 4) is 0 Å². The Morgan fingerprint density at radius 3 is 1.81 bits per heavy atom. The SMILES string of the molecule is CC.CC(C)C.NC(=O)C(Cc1ccc2ccccc2c1)N1CCCN(C(=O)Cc2ccc3ccccc3c2)CC1=O. The highest BCUT2D eigenvalue weighted by Gasteiger charge is 2.32. The molecule has 1 heterocycles. The number of amides is 3. The molecule has 1 saturated heterocycles. The molecule has 42 heavy (non-hydrogen) atoms. The van der Waals surface area contributed by atoms with Crippen molar-refractivity contribution < 1.29 is 14.4 Å². The van der Waals surface area contributed by atoms with Gasteiger partial charge < -0.3 is 15.5 Å². The zero-order valence-electron chi connectivity index (χ0n) is 25.7. The summed E-state index contributed by atoms with van der Waals surface area (Å²) >= 11 is 0. The second-order valence-corrected chi connectivity index (χ2v) is 11.2. The number of benzene rings is 4.